The standard InChI is InChI=1S/C15H19N3O3S/c19-22(20,12-7-8-12)16-10-11-4-3-9-18(11)15-17-13-5-1-2-6-14(13)21-15/h1-2,5-6,11-12,16H,3-4,7-10H2. The molecule has 22 heavy (non-hydrogen) atoms. The summed E-state index contributed by atoms with van der Waals surface area (Å²) in [5, 5.41) is -0.174. The molecule has 0 spiro atoms. The molecule has 1 saturated carbocycles. The molecule has 2 fully saturated rings. The first kappa shape index (κ1) is 14.0. The zero-order valence-corrected chi connectivity index (χ0v) is 13.1. The Hall–Kier alpha value is -1.60. The molecule has 6 nitrogen and oxygen atoms in total. The molecule has 2 aliphatic rings. The third-order valence-electron chi connectivity index (χ3n) is 4.39. The number of aromatic nitrogens is 1. The van der Waals surface area contributed by atoms with Gasteiger partial charge in [-0.1, -0.05) is 12.1 Å². The predicted molar refractivity (Wildman–Crippen MR) is 84.3 cm³/mol. The quantitative estimate of drug-likeness (QED) is 0.910. The first-order valence-corrected chi connectivity index (χ1v) is 9.29. The van der Waals surface area contributed by atoms with E-state index in [0.29, 0.717) is 12.6 Å². The molecule has 0 bridgehead atoms. The van der Waals surface area contributed by atoms with Crippen molar-refractivity contribution in [2.75, 3.05) is 18.0 Å². The van der Waals surface area contributed by atoms with Gasteiger partial charge in [-0.2, -0.15) is 4.98 Å². The van der Waals surface area contributed by atoms with Gasteiger partial charge in [0.1, 0.15) is 5.52 Å². The molecule has 1 aromatic carbocycles. The van der Waals surface area contributed by atoms with Crippen molar-refractivity contribution < 1.29 is 12.8 Å². The van der Waals surface area contributed by atoms with Crippen molar-refractivity contribution in [3.63, 3.8) is 0 Å². The second-order valence-corrected chi connectivity index (χ2v) is 8.09. The van der Waals surface area contributed by atoms with Crippen LogP contribution < -0.4 is 9.62 Å². The largest absolute Gasteiger partial charge is 0.423 e. The minimum atomic E-state index is -3.13. The highest BCUT2D eigenvalue weighted by Crippen LogP contribution is 2.30. The second-order valence-electron chi connectivity index (χ2n) is 6.05. The summed E-state index contributed by atoms with van der Waals surface area (Å²) in [7, 11) is -3.13. The lowest BCUT2D eigenvalue weighted by Gasteiger charge is -2.22. The van der Waals surface area contributed by atoms with Crippen molar-refractivity contribution in [1.82, 2.24) is 9.71 Å². The van der Waals surface area contributed by atoms with E-state index in [0.717, 1.165) is 43.3 Å². The van der Waals surface area contributed by atoms with E-state index in [1.807, 2.05) is 24.3 Å². The highest BCUT2D eigenvalue weighted by Gasteiger charge is 2.37. The Labute approximate surface area is 129 Å². The number of nitrogens with zero attached hydrogens (tertiary/aromatic N) is 2. The van der Waals surface area contributed by atoms with Gasteiger partial charge < -0.3 is 9.32 Å². The molecule has 1 aliphatic heterocycles. The second kappa shape index (κ2) is 5.24. The van der Waals surface area contributed by atoms with Gasteiger partial charge in [0.05, 0.1) is 5.25 Å². The normalized spacial score (nSPS) is 22.5. The fourth-order valence-corrected chi connectivity index (χ4v) is 4.41. The van der Waals surface area contributed by atoms with Crippen molar-refractivity contribution in [1.29, 1.82) is 0 Å². The SMILES string of the molecule is O=S(=O)(NCC1CCCN1c1nc2ccccc2o1)C1CC1. The Morgan fingerprint density at radius 1 is 1.27 bits per heavy atom. The smallest absolute Gasteiger partial charge is 0.298 e. The average molecular weight is 321 g/mol. The summed E-state index contributed by atoms with van der Waals surface area (Å²) >= 11 is 0. The number of nitrogens with one attached hydrogen (secondary N) is 1. The van der Waals surface area contributed by atoms with E-state index in [4.69, 9.17) is 4.42 Å². The summed E-state index contributed by atoms with van der Waals surface area (Å²) < 4.78 is 32.5. The summed E-state index contributed by atoms with van der Waals surface area (Å²) in [5.74, 6) is 0. The summed E-state index contributed by atoms with van der Waals surface area (Å²) in [4.78, 5) is 6.60. The van der Waals surface area contributed by atoms with Gasteiger partial charge in [-0.25, -0.2) is 13.1 Å². The molecule has 0 amide bonds. The van der Waals surface area contributed by atoms with E-state index < -0.39 is 10.0 Å². The maximum atomic E-state index is 12.0. The Morgan fingerprint density at radius 2 is 2.09 bits per heavy atom. The number of sulfonamides is 1. The lowest BCUT2D eigenvalue weighted by molar-refractivity contribution is 0.533. The molecule has 1 atom stereocenters. The predicted octanol–water partition coefficient (Wildman–Crippen LogP) is 1.88. The summed E-state index contributed by atoms with van der Waals surface area (Å²) in [6.07, 6.45) is 3.55. The Morgan fingerprint density at radius 3 is 2.86 bits per heavy atom. The lowest BCUT2D eigenvalue weighted by atomic mass is 10.2. The van der Waals surface area contributed by atoms with Crippen LogP contribution in [0.1, 0.15) is 25.7 Å². The molecule has 1 aromatic heterocycles. The summed E-state index contributed by atoms with van der Waals surface area (Å²) in [5.41, 5.74) is 1.60. The fourth-order valence-electron chi connectivity index (χ4n) is 2.99. The van der Waals surface area contributed by atoms with Crippen LogP contribution in [0.4, 0.5) is 6.01 Å². The molecule has 2 heterocycles. The van der Waals surface area contributed by atoms with Crippen molar-refractivity contribution in [2.45, 2.75) is 37.0 Å². The van der Waals surface area contributed by atoms with E-state index in [1.165, 1.54) is 0 Å². The minimum Gasteiger partial charge on any atom is -0.423 e. The van der Waals surface area contributed by atoms with Gasteiger partial charge in [-0.05, 0) is 37.8 Å². The maximum Gasteiger partial charge on any atom is 0.298 e. The van der Waals surface area contributed by atoms with E-state index in [2.05, 4.69) is 14.6 Å². The van der Waals surface area contributed by atoms with E-state index in [9.17, 15) is 8.42 Å². The molecule has 1 aliphatic carbocycles. The van der Waals surface area contributed by atoms with Gasteiger partial charge in [0.2, 0.25) is 10.0 Å². The zero-order chi connectivity index (χ0) is 15.2. The molecule has 0 radical (unpaired) electrons. The van der Waals surface area contributed by atoms with Gasteiger partial charge in [0, 0.05) is 19.1 Å². The van der Waals surface area contributed by atoms with Gasteiger partial charge in [-0.3, -0.25) is 0 Å². The monoisotopic (exact) mass is 321 g/mol. The van der Waals surface area contributed by atoms with Crippen LogP contribution in [0, 0.1) is 0 Å². The van der Waals surface area contributed by atoms with Crippen molar-refractivity contribution in [2.24, 2.45) is 0 Å². The molecular weight excluding hydrogens is 302 g/mol. The van der Waals surface area contributed by atoms with Crippen molar-refractivity contribution >= 4 is 27.1 Å². The number of hydrogen-bond donors (Lipinski definition) is 1. The van der Waals surface area contributed by atoms with Crippen LogP contribution in [0.15, 0.2) is 28.7 Å². The maximum absolute atomic E-state index is 12.0. The van der Waals surface area contributed by atoms with Crippen LogP contribution in [0.5, 0.6) is 0 Å². The molecular formula is C15H19N3O3S. The van der Waals surface area contributed by atoms with Crippen LogP contribution >= 0.6 is 0 Å². The molecule has 2 aromatic rings. The number of rotatable bonds is 5. The number of anilines is 1. The van der Waals surface area contributed by atoms with Crippen molar-refractivity contribution in [3.8, 4) is 0 Å². The topological polar surface area (TPSA) is 75.4 Å². The number of oxazole rings is 1. The van der Waals surface area contributed by atoms with Gasteiger partial charge in [0.15, 0.2) is 5.58 Å². The van der Waals surface area contributed by atoms with E-state index in [-0.39, 0.29) is 11.3 Å². The molecule has 1 saturated heterocycles. The molecule has 4 rings (SSSR count). The molecule has 7 heteroatoms. The summed E-state index contributed by atoms with van der Waals surface area (Å²) in [6, 6.07) is 8.37. The highest BCUT2D eigenvalue weighted by atomic mass is 32.2. The number of para-hydroxylation sites is 2. The highest BCUT2D eigenvalue weighted by molar-refractivity contribution is 7.90. The number of hydrogen-bond acceptors (Lipinski definition) is 5. The third-order valence-corrected chi connectivity index (χ3v) is 6.31. The van der Waals surface area contributed by atoms with E-state index in [1.54, 1.807) is 0 Å². The zero-order valence-electron chi connectivity index (χ0n) is 12.2. The van der Waals surface area contributed by atoms with Crippen LogP contribution in [-0.4, -0.2) is 37.8 Å². The van der Waals surface area contributed by atoms with Gasteiger partial charge in [0.25, 0.3) is 6.01 Å². The Balaban J connectivity index is 1.50. The molecule has 1 N–H and O–H groups in total. The van der Waals surface area contributed by atoms with Crippen LogP contribution in [0.3, 0.4) is 0 Å². The number of fused-ring (bicyclic) bond motifs is 1. The Bertz CT molecular complexity index is 749. The average Bonchev–Trinajstić information content (AvgIpc) is 3.13. The fraction of sp³-hybridized carbons (Fsp3) is 0.533. The first-order valence-electron chi connectivity index (χ1n) is 7.74. The van der Waals surface area contributed by atoms with Crippen molar-refractivity contribution in [3.05, 3.63) is 24.3 Å². The Kier molecular flexibility index (Phi) is 3.34. The lowest BCUT2D eigenvalue weighted by Crippen LogP contribution is -2.41. The van der Waals surface area contributed by atoms with Crippen LogP contribution in [0.25, 0.3) is 11.1 Å². The number of benzene rings is 1. The summed E-state index contributed by atoms with van der Waals surface area (Å²) in [6.45, 7) is 1.28. The first-order chi connectivity index (χ1) is 10.6. The molecule has 1 unspecified atom stereocenters. The van der Waals surface area contributed by atoms with Gasteiger partial charge >= 0.3 is 0 Å². The minimum absolute atomic E-state index is 0.113. The van der Waals surface area contributed by atoms with Crippen LogP contribution in [0.2, 0.25) is 0 Å². The molecule has 118 valence electrons. The van der Waals surface area contributed by atoms with Crippen LogP contribution in [-0.2, 0) is 10.0 Å². The van der Waals surface area contributed by atoms with E-state index >= 15 is 0 Å². The van der Waals surface area contributed by atoms with Gasteiger partial charge in [-0.15, -0.1) is 0 Å². The third kappa shape index (κ3) is 2.59.